The maximum Gasteiger partial charge on any atom is 0.00724 e. The van der Waals surface area contributed by atoms with E-state index in [0.717, 1.165) is 29.6 Å². The van der Waals surface area contributed by atoms with Gasteiger partial charge >= 0.3 is 0 Å². The minimum absolute atomic E-state index is 0.525. The number of rotatable bonds is 5. The van der Waals surface area contributed by atoms with Crippen molar-refractivity contribution in [1.82, 2.24) is 0 Å². The van der Waals surface area contributed by atoms with E-state index in [1.54, 1.807) is 6.42 Å². The van der Waals surface area contributed by atoms with Crippen LogP contribution in [0.3, 0.4) is 0 Å². The smallest absolute Gasteiger partial charge is 0.00724 e. The van der Waals surface area contributed by atoms with E-state index in [1.807, 2.05) is 0 Å². The summed E-state index contributed by atoms with van der Waals surface area (Å²) in [5, 5.41) is 0. The van der Waals surface area contributed by atoms with Gasteiger partial charge in [0.2, 0.25) is 0 Å². The highest BCUT2D eigenvalue weighted by Gasteiger charge is 2.49. The molecule has 1 nitrogen and oxygen atoms in total. The van der Waals surface area contributed by atoms with Gasteiger partial charge in [-0.15, -0.1) is 0 Å². The third kappa shape index (κ3) is 2.28. The lowest BCUT2D eigenvalue weighted by atomic mass is 9.50. The van der Waals surface area contributed by atoms with Crippen molar-refractivity contribution < 1.29 is 0 Å². The summed E-state index contributed by atoms with van der Waals surface area (Å²) in [6.45, 7) is 2.29. The first-order valence-electron chi connectivity index (χ1n) is 8.03. The third-order valence-corrected chi connectivity index (χ3v) is 5.94. The van der Waals surface area contributed by atoms with Crippen molar-refractivity contribution in [2.24, 2.45) is 35.3 Å². The van der Waals surface area contributed by atoms with Crippen molar-refractivity contribution in [3.05, 3.63) is 0 Å². The third-order valence-electron chi connectivity index (χ3n) is 5.94. The molecule has 0 aromatic heterocycles. The van der Waals surface area contributed by atoms with Crippen LogP contribution in [-0.4, -0.2) is 6.04 Å². The fourth-order valence-electron chi connectivity index (χ4n) is 5.49. The number of hydrogen-bond acceptors (Lipinski definition) is 1. The molecule has 2 N–H and O–H groups in total. The zero-order valence-electron chi connectivity index (χ0n) is 11.4. The van der Waals surface area contributed by atoms with E-state index in [4.69, 9.17) is 5.73 Å². The van der Waals surface area contributed by atoms with Gasteiger partial charge in [0.25, 0.3) is 0 Å². The lowest BCUT2D eigenvalue weighted by Gasteiger charge is -2.56. The Kier molecular flexibility index (Phi) is 3.47. The summed E-state index contributed by atoms with van der Waals surface area (Å²) in [4.78, 5) is 0. The number of hydrogen-bond donors (Lipinski definition) is 1. The van der Waals surface area contributed by atoms with Gasteiger partial charge in [-0.2, -0.15) is 0 Å². The second-order valence-electron chi connectivity index (χ2n) is 7.17. The van der Waals surface area contributed by atoms with Gasteiger partial charge in [0, 0.05) is 6.04 Å². The largest absolute Gasteiger partial charge is 0.327 e. The van der Waals surface area contributed by atoms with Crippen LogP contribution < -0.4 is 5.73 Å². The topological polar surface area (TPSA) is 26.0 Å². The molecule has 17 heavy (non-hydrogen) atoms. The zero-order valence-corrected chi connectivity index (χ0v) is 11.4. The van der Waals surface area contributed by atoms with E-state index < -0.39 is 0 Å². The number of unbranched alkanes of at least 4 members (excludes halogenated alkanes) is 2. The van der Waals surface area contributed by atoms with Crippen LogP contribution in [0.2, 0.25) is 0 Å². The van der Waals surface area contributed by atoms with Crippen molar-refractivity contribution in [1.29, 1.82) is 0 Å². The maximum atomic E-state index is 6.54. The molecule has 0 heterocycles. The molecular weight excluding hydrogens is 206 g/mol. The average molecular weight is 235 g/mol. The molecule has 1 atom stereocenters. The molecule has 0 aromatic carbocycles. The summed E-state index contributed by atoms with van der Waals surface area (Å²) >= 11 is 0. The van der Waals surface area contributed by atoms with Gasteiger partial charge in [0.1, 0.15) is 0 Å². The number of nitrogens with two attached hydrogens (primary N) is 1. The van der Waals surface area contributed by atoms with Gasteiger partial charge in [-0.25, -0.2) is 0 Å². The van der Waals surface area contributed by atoms with Crippen molar-refractivity contribution >= 4 is 0 Å². The molecule has 0 saturated heterocycles. The predicted molar refractivity (Wildman–Crippen MR) is 72.7 cm³/mol. The molecule has 0 amide bonds. The summed E-state index contributed by atoms with van der Waals surface area (Å²) in [5.74, 6) is 5.12. The van der Waals surface area contributed by atoms with Crippen molar-refractivity contribution in [2.75, 3.05) is 0 Å². The highest BCUT2D eigenvalue weighted by atomic mass is 14.7. The molecule has 4 rings (SSSR count). The predicted octanol–water partition coefficient (Wildman–Crippen LogP) is 3.97. The first-order chi connectivity index (χ1) is 8.28. The molecule has 1 heteroatoms. The summed E-state index contributed by atoms with van der Waals surface area (Å²) in [5.41, 5.74) is 6.54. The standard InChI is InChI=1S/C16H29N/c1-2-3-4-5-15(17)16-13-7-11-6-12(9-13)10-14(16)8-11/h11-16H,2-10,17H2,1H3. The molecule has 4 saturated carbocycles. The van der Waals surface area contributed by atoms with E-state index in [-0.39, 0.29) is 0 Å². The molecule has 4 aliphatic rings. The molecule has 98 valence electrons. The SMILES string of the molecule is CCCCCC(N)C1C2CC3CC(C2)CC1C3. The lowest BCUT2D eigenvalue weighted by molar-refractivity contribution is -0.0477. The Hall–Kier alpha value is -0.0400. The van der Waals surface area contributed by atoms with Crippen molar-refractivity contribution in [2.45, 2.75) is 70.8 Å². The molecular formula is C16H29N. The summed E-state index contributed by atoms with van der Waals surface area (Å²) < 4.78 is 0. The minimum Gasteiger partial charge on any atom is -0.327 e. The van der Waals surface area contributed by atoms with Crippen LogP contribution in [-0.2, 0) is 0 Å². The average Bonchev–Trinajstić information content (AvgIpc) is 2.27. The van der Waals surface area contributed by atoms with Gasteiger partial charge in [-0.3, -0.25) is 0 Å². The van der Waals surface area contributed by atoms with Gasteiger partial charge in [-0.05, 0) is 68.1 Å². The van der Waals surface area contributed by atoms with E-state index in [9.17, 15) is 0 Å². The monoisotopic (exact) mass is 235 g/mol. The van der Waals surface area contributed by atoms with Gasteiger partial charge in [0.05, 0.1) is 0 Å². The van der Waals surface area contributed by atoms with Crippen molar-refractivity contribution in [3.63, 3.8) is 0 Å². The Labute approximate surface area is 107 Å². The molecule has 1 unspecified atom stereocenters. The van der Waals surface area contributed by atoms with Crippen LogP contribution in [0.15, 0.2) is 0 Å². The summed E-state index contributed by atoms with van der Waals surface area (Å²) in [7, 11) is 0. The fourth-order valence-corrected chi connectivity index (χ4v) is 5.49. The normalized spacial score (nSPS) is 45.2. The highest BCUT2D eigenvalue weighted by Crippen LogP contribution is 2.57. The molecule has 0 radical (unpaired) electrons. The molecule has 0 spiro atoms. The Bertz CT molecular complexity index is 232. The maximum absolute atomic E-state index is 6.54. The van der Waals surface area contributed by atoms with Crippen LogP contribution in [0, 0.1) is 29.6 Å². The first kappa shape index (κ1) is 12.0. The lowest BCUT2D eigenvalue weighted by Crippen LogP contribution is -2.51. The molecule has 4 aliphatic carbocycles. The molecule has 0 aliphatic heterocycles. The van der Waals surface area contributed by atoms with E-state index in [1.165, 1.54) is 51.4 Å². The first-order valence-corrected chi connectivity index (χ1v) is 8.03. The van der Waals surface area contributed by atoms with Crippen LogP contribution in [0.25, 0.3) is 0 Å². The van der Waals surface area contributed by atoms with E-state index in [2.05, 4.69) is 6.92 Å². The fraction of sp³-hybridized carbons (Fsp3) is 1.00. The molecule has 4 fully saturated rings. The molecule has 4 bridgehead atoms. The second kappa shape index (κ2) is 4.91. The van der Waals surface area contributed by atoms with E-state index >= 15 is 0 Å². The quantitative estimate of drug-likeness (QED) is 0.717. The van der Waals surface area contributed by atoms with Gasteiger partial charge < -0.3 is 5.73 Å². The van der Waals surface area contributed by atoms with Gasteiger partial charge in [0.15, 0.2) is 0 Å². The summed E-state index contributed by atoms with van der Waals surface area (Å²) in [6.07, 6.45) is 13.0. The summed E-state index contributed by atoms with van der Waals surface area (Å²) in [6, 6.07) is 0.525. The van der Waals surface area contributed by atoms with Crippen LogP contribution in [0.1, 0.15) is 64.7 Å². The Morgan fingerprint density at radius 2 is 1.53 bits per heavy atom. The van der Waals surface area contributed by atoms with E-state index in [0.29, 0.717) is 6.04 Å². The van der Waals surface area contributed by atoms with Crippen LogP contribution in [0.4, 0.5) is 0 Å². The van der Waals surface area contributed by atoms with Crippen LogP contribution in [0.5, 0.6) is 0 Å². The minimum atomic E-state index is 0.525. The Morgan fingerprint density at radius 3 is 2.06 bits per heavy atom. The van der Waals surface area contributed by atoms with Gasteiger partial charge in [-0.1, -0.05) is 26.2 Å². The highest BCUT2D eigenvalue weighted by molar-refractivity contribution is 5.00. The van der Waals surface area contributed by atoms with Crippen LogP contribution >= 0.6 is 0 Å². The second-order valence-corrected chi connectivity index (χ2v) is 7.17. The zero-order chi connectivity index (χ0) is 11.8. The Balaban J connectivity index is 1.59. The van der Waals surface area contributed by atoms with Crippen molar-refractivity contribution in [3.8, 4) is 0 Å². The molecule has 0 aromatic rings. The Morgan fingerprint density at radius 1 is 0.941 bits per heavy atom.